The highest BCUT2D eigenvalue weighted by atomic mass is 16.5. The lowest BCUT2D eigenvalue weighted by Crippen LogP contribution is -2.45. The Hall–Kier alpha value is -1.55. The van der Waals surface area contributed by atoms with E-state index in [0.717, 1.165) is 17.7 Å². The molecule has 1 rings (SSSR count). The number of hydrazine groups is 1. The lowest BCUT2D eigenvalue weighted by molar-refractivity contribution is -0.126. The van der Waals surface area contributed by atoms with Crippen molar-refractivity contribution in [3.63, 3.8) is 0 Å². The number of aryl methyl sites for hydroxylation is 1. The van der Waals surface area contributed by atoms with Gasteiger partial charge in [-0.1, -0.05) is 19.1 Å². The molecule has 0 aromatic heterocycles. The zero-order valence-corrected chi connectivity index (χ0v) is 11.8. The highest BCUT2D eigenvalue weighted by molar-refractivity contribution is 5.87. The molecule has 4 nitrogen and oxygen atoms in total. The van der Waals surface area contributed by atoms with Crippen LogP contribution in [-0.4, -0.2) is 20.1 Å². The van der Waals surface area contributed by atoms with Gasteiger partial charge in [-0.05, 0) is 31.9 Å². The van der Waals surface area contributed by atoms with E-state index in [9.17, 15) is 4.79 Å². The van der Waals surface area contributed by atoms with Gasteiger partial charge in [-0.25, -0.2) is 5.43 Å². The monoisotopic (exact) mass is 250 g/mol. The maximum Gasteiger partial charge on any atom is 0.244 e. The fourth-order valence-corrected chi connectivity index (χ4v) is 1.86. The van der Waals surface area contributed by atoms with Crippen LogP contribution in [0.1, 0.15) is 31.9 Å². The van der Waals surface area contributed by atoms with E-state index in [2.05, 4.69) is 17.8 Å². The van der Waals surface area contributed by atoms with Crippen LogP contribution in [0.15, 0.2) is 18.2 Å². The molecule has 18 heavy (non-hydrogen) atoms. The van der Waals surface area contributed by atoms with Gasteiger partial charge in [-0.2, -0.15) is 0 Å². The second-order valence-electron chi connectivity index (χ2n) is 4.72. The van der Waals surface area contributed by atoms with Crippen molar-refractivity contribution in [1.82, 2.24) is 10.9 Å². The minimum atomic E-state index is -0.653. The third-order valence-electron chi connectivity index (χ3n) is 3.15. The van der Waals surface area contributed by atoms with Crippen LogP contribution in [0.2, 0.25) is 0 Å². The number of carbonyl (C=O) groups is 1. The Balaban J connectivity index is 3.23. The molecule has 0 saturated carbocycles. The van der Waals surface area contributed by atoms with Crippen molar-refractivity contribution in [3.8, 4) is 5.75 Å². The van der Waals surface area contributed by atoms with Crippen LogP contribution in [0, 0.1) is 0 Å². The number of methoxy groups -OCH3 is 1. The SMILES string of the molecule is CCc1ccc(OC)c(C(C)(C)C(=O)NNC)c1. The van der Waals surface area contributed by atoms with Gasteiger partial charge in [0.15, 0.2) is 0 Å². The van der Waals surface area contributed by atoms with E-state index < -0.39 is 5.41 Å². The van der Waals surface area contributed by atoms with Crippen molar-refractivity contribution in [3.05, 3.63) is 29.3 Å². The number of rotatable bonds is 5. The molecule has 0 unspecified atom stereocenters. The number of carbonyl (C=O) groups excluding carboxylic acids is 1. The first kappa shape index (κ1) is 14.5. The van der Waals surface area contributed by atoms with Crippen molar-refractivity contribution < 1.29 is 9.53 Å². The summed E-state index contributed by atoms with van der Waals surface area (Å²) in [6.07, 6.45) is 0.931. The molecule has 0 aliphatic rings. The smallest absolute Gasteiger partial charge is 0.244 e. The van der Waals surface area contributed by atoms with E-state index in [1.54, 1.807) is 14.2 Å². The van der Waals surface area contributed by atoms with Gasteiger partial charge in [0.05, 0.1) is 12.5 Å². The van der Waals surface area contributed by atoms with Crippen LogP contribution in [0.5, 0.6) is 5.75 Å². The number of hydrogen-bond acceptors (Lipinski definition) is 3. The summed E-state index contributed by atoms with van der Waals surface area (Å²) in [5, 5.41) is 0. The van der Waals surface area contributed by atoms with E-state index in [0.29, 0.717) is 0 Å². The first-order chi connectivity index (χ1) is 8.47. The average Bonchev–Trinajstić information content (AvgIpc) is 2.38. The number of amides is 1. The van der Waals surface area contributed by atoms with Crippen LogP contribution >= 0.6 is 0 Å². The van der Waals surface area contributed by atoms with Crippen LogP contribution in [0.25, 0.3) is 0 Å². The van der Waals surface area contributed by atoms with E-state index in [1.165, 1.54) is 5.56 Å². The molecule has 0 aliphatic heterocycles. The lowest BCUT2D eigenvalue weighted by Gasteiger charge is -2.26. The molecule has 0 radical (unpaired) electrons. The van der Waals surface area contributed by atoms with Gasteiger partial charge in [-0.3, -0.25) is 10.2 Å². The van der Waals surface area contributed by atoms with Crippen LogP contribution in [0.3, 0.4) is 0 Å². The molecule has 4 heteroatoms. The number of ether oxygens (including phenoxy) is 1. The largest absolute Gasteiger partial charge is 0.496 e. The average molecular weight is 250 g/mol. The van der Waals surface area contributed by atoms with Gasteiger partial charge in [0.25, 0.3) is 0 Å². The van der Waals surface area contributed by atoms with Gasteiger partial charge >= 0.3 is 0 Å². The topological polar surface area (TPSA) is 50.4 Å². The van der Waals surface area contributed by atoms with Gasteiger partial charge in [0.2, 0.25) is 5.91 Å². The molecule has 1 amide bonds. The van der Waals surface area contributed by atoms with E-state index in [-0.39, 0.29) is 5.91 Å². The van der Waals surface area contributed by atoms with Gasteiger partial charge in [-0.15, -0.1) is 0 Å². The van der Waals surface area contributed by atoms with Gasteiger partial charge in [0, 0.05) is 12.6 Å². The summed E-state index contributed by atoms with van der Waals surface area (Å²) in [6.45, 7) is 5.86. The highest BCUT2D eigenvalue weighted by Crippen LogP contribution is 2.32. The first-order valence-corrected chi connectivity index (χ1v) is 6.12. The van der Waals surface area contributed by atoms with Crippen LogP contribution < -0.4 is 15.6 Å². The molecule has 0 saturated heterocycles. The zero-order chi connectivity index (χ0) is 13.8. The molecular weight excluding hydrogens is 228 g/mol. The van der Waals surface area contributed by atoms with Crippen LogP contribution in [-0.2, 0) is 16.6 Å². The summed E-state index contributed by atoms with van der Waals surface area (Å²) in [6, 6.07) is 5.98. The molecule has 1 aromatic carbocycles. The predicted molar refractivity (Wildman–Crippen MR) is 72.6 cm³/mol. The van der Waals surface area contributed by atoms with Gasteiger partial charge < -0.3 is 4.74 Å². The van der Waals surface area contributed by atoms with E-state index in [4.69, 9.17) is 4.74 Å². The molecule has 2 N–H and O–H groups in total. The molecule has 0 atom stereocenters. The third-order valence-corrected chi connectivity index (χ3v) is 3.15. The van der Waals surface area contributed by atoms with Crippen LogP contribution in [0.4, 0.5) is 0 Å². The first-order valence-electron chi connectivity index (χ1n) is 6.12. The normalized spacial score (nSPS) is 11.2. The standard InChI is InChI=1S/C14H22N2O2/c1-6-10-7-8-12(18-5)11(9-10)14(2,3)13(17)16-15-4/h7-9,15H,6H2,1-5H3,(H,16,17). The molecule has 0 heterocycles. The van der Waals surface area contributed by atoms with Gasteiger partial charge in [0.1, 0.15) is 5.75 Å². The second-order valence-corrected chi connectivity index (χ2v) is 4.72. The summed E-state index contributed by atoms with van der Waals surface area (Å²) in [5.41, 5.74) is 6.74. The minimum Gasteiger partial charge on any atom is -0.496 e. The summed E-state index contributed by atoms with van der Waals surface area (Å²) in [7, 11) is 3.30. The Kier molecular flexibility index (Phi) is 4.73. The maximum absolute atomic E-state index is 12.1. The Bertz CT molecular complexity index is 428. The molecule has 0 spiro atoms. The Morgan fingerprint density at radius 2 is 2.06 bits per heavy atom. The molecule has 0 bridgehead atoms. The molecule has 100 valence electrons. The fourth-order valence-electron chi connectivity index (χ4n) is 1.86. The highest BCUT2D eigenvalue weighted by Gasteiger charge is 2.32. The van der Waals surface area contributed by atoms with E-state index in [1.807, 2.05) is 32.0 Å². The zero-order valence-electron chi connectivity index (χ0n) is 11.8. The molecule has 0 aliphatic carbocycles. The number of benzene rings is 1. The third kappa shape index (κ3) is 2.82. The van der Waals surface area contributed by atoms with Crippen molar-refractivity contribution >= 4 is 5.91 Å². The van der Waals surface area contributed by atoms with Crippen molar-refractivity contribution in [2.75, 3.05) is 14.2 Å². The summed E-state index contributed by atoms with van der Waals surface area (Å²) in [5.74, 6) is 0.653. The second kappa shape index (κ2) is 5.87. The number of hydrogen-bond donors (Lipinski definition) is 2. The van der Waals surface area contributed by atoms with Crippen molar-refractivity contribution in [1.29, 1.82) is 0 Å². The lowest BCUT2D eigenvalue weighted by atomic mass is 9.82. The predicted octanol–water partition coefficient (Wildman–Crippen LogP) is 1.79. The van der Waals surface area contributed by atoms with E-state index >= 15 is 0 Å². The summed E-state index contributed by atoms with van der Waals surface area (Å²) in [4.78, 5) is 12.1. The summed E-state index contributed by atoms with van der Waals surface area (Å²) >= 11 is 0. The minimum absolute atomic E-state index is 0.0865. The summed E-state index contributed by atoms with van der Waals surface area (Å²) < 4.78 is 5.36. The quantitative estimate of drug-likeness (QED) is 0.783. The fraction of sp³-hybridized carbons (Fsp3) is 0.500. The Morgan fingerprint density at radius 3 is 2.56 bits per heavy atom. The molecule has 1 aromatic rings. The maximum atomic E-state index is 12.1. The molecular formula is C14H22N2O2. The van der Waals surface area contributed by atoms with Crippen molar-refractivity contribution in [2.24, 2.45) is 0 Å². The Morgan fingerprint density at radius 1 is 1.39 bits per heavy atom. The molecule has 0 fully saturated rings. The number of nitrogens with one attached hydrogen (secondary N) is 2. The Labute approximate surface area is 109 Å². The van der Waals surface area contributed by atoms with Crippen molar-refractivity contribution in [2.45, 2.75) is 32.6 Å².